The zero-order valence-electron chi connectivity index (χ0n) is 10.7. The molecule has 1 aliphatic heterocycles. The highest BCUT2D eigenvalue weighted by Gasteiger charge is 2.29. The lowest BCUT2D eigenvalue weighted by Crippen LogP contribution is -2.46. The number of nitrogens with zero attached hydrogens (tertiary/aromatic N) is 2. The number of β-amino-alcohol motifs (C(OH)–C–C–N with tert-alkyl or cyclic N) is 1. The summed E-state index contributed by atoms with van der Waals surface area (Å²) in [5.41, 5.74) is -0.163. The average molecular weight is 264 g/mol. The first-order valence-corrected chi connectivity index (χ1v) is 6.14. The number of carbonyl (C=O) groups excluding carboxylic acids is 1. The molecule has 6 nitrogen and oxygen atoms in total. The van der Waals surface area contributed by atoms with Gasteiger partial charge in [-0.15, -0.1) is 0 Å². The number of hydrogen-bond acceptors (Lipinski definition) is 5. The van der Waals surface area contributed by atoms with Gasteiger partial charge in [-0.3, -0.25) is 14.9 Å². The molecule has 1 N–H and O–H groups in total. The number of benzene rings is 1. The Kier molecular flexibility index (Phi) is 3.53. The highest BCUT2D eigenvalue weighted by molar-refractivity contribution is 5.83. The van der Waals surface area contributed by atoms with Crippen LogP contribution in [0.4, 0.5) is 11.4 Å². The summed E-state index contributed by atoms with van der Waals surface area (Å²) in [5.74, 6) is 0. The summed E-state index contributed by atoms with van der Waals surface area (Å²) < 4.78 is 0. The van der Waals surface area contributed by atoms with E-state index < -0.39 is 10.5 Å². The smallest absolute Gasteiger partial charge is 0.280 e. The molecule has 1 fully saturated rings. The van der Waals surface area contributed by atoms with Crippen LogP contribution in [0.25, 0.3) is 0 Å². The van der Waals surface area contributed by atoms with Crippen LogP contribution >= 0.6 is 0 Å². The molecule has 1 atom stereocenters. The Labute approximate surface area is 110 Å². The van der Waals surface area contributed by atoms with Gasteiger partial charge in [0.1, 0.15) is 0 Å². The van der Waals surface area contributed by atoms with E-state index in [1.807, 2.05) is 4.90 Å². The summed E-state index contributed by atoms with van der Waals surface area (Å²) in [6.07, 6.45) is 2.07. The van der Waals surface area contributed by atoms with Crippen LogP contribution in [0.5, 0.6) is 0 Å². The van der Waals surface area contributed by atoms with Crippen LogP contribution in [0, 0.1) is 10.1 Å². The summed E-state index contributed by atoms with van der Waals surface area (Å²) in [6, 6.07) is 4.46. The number of piperidine rings is 1. The van der Waals surface area contributed by atoms with Crippen molar-refractivity contribution in [1.82, 2.24) is 0 Å². The lowest BCUT2D eigenvalue weighted by Gasteiger charge is -2.38. The van der Waals surface area contributed by atoms with Crippen molar-refractivity contribution in [3.8, 4) is 0 Å². The third kappa shape index (κ3) is 2.90. The first-order valence-electron chi connectivity index (χ1n) is 6.14. The standard InChI is InChI=1S/C13H16N2O4/c1-13(17)5-2-6-14(9-13)11-3-4-12(15(18)19)10(7-11)8-16/h3-4,7-8,17H,2,5-6,9H2,1H3. The van der Waals surface area contributed by atoms with E-state index >= 15 is 0 Å². The van der Waals surface area contributed by atoms with Gasteiger partial charge in [0.05, 0.1) is 16.1 Å². The molecular formula is C13H16N2O4. The Balaban J connectivity index is 2.31. The summed E-state index contributed by atoms with van der Waals surface area (Å²) in [6.45, 7) is 3.00. The van der Waals surface area contributed by atoms with Gasteiger partial charge in [-0.2, -0.15) is 0 Å². The molecule has 0 aliphatic carbocycles. The molecule has 6 heteroatoms. The number of anilines is 1. The van der Waals surface area contributed by atoms with Crippen LogP contribution in [0.15, 0.2) is 18.2 Å². The van der Waals surface area contributed by atoms with Gasteiger partial charge in [0.25, 0.3) is 5.69 Å². The van der Waals surface area contributed by atoms with Crippen LogP contribution in [0.1, 0.15) is 30.1 Å². The topological polar surface area (TPSA) is 83.7 Å². The maximum Gasteiger partial charge on any atom is 0.280 e. The predicted octanol–water partition coefficient (Wildman–Crippen LogP) is 1.76. The molecule has 1 unspecified atom stereocenters. The van der Waals surface area contributed by atoms with Gasteiger partial charge >= 0.3 is 0 Å². The highest BCUT2D eigenvalue weighted by atomic mass is 16.6. The molecule has 0 saturated carbocycles. The van der Waals surface area contributed by atoms with Crippen molar-refractivity contribution in [2.24, 2.45) is 0 Å². The van der Waals surface area contributed by atoms with Crippen LogP contribution in [0.3, 0.4) is 0 Å². The largest absolute Gasteiger partial charge is 0.388 e. The van der Waals surface area contributed by atoms with Gasteiger partial charge in [-0.25, -0.2) is 0 Å². The van der Waals surface area contributed by atoms with E-state index in [2.05, 4.69) is 0 Å². The maximum absolute atomic E-state index is 10.9. The maximum atomic E-state index is 10.9. The van der Waals surface area contributed by atoms with Crippen LogP contribution in [-0.4, -0.2) is 35.0 Å². The molecule has 19 heavy (non-hydrogen) atoms. The van der Waals surface area contributed by atoms with E-state index in [4.69, 9.17) is 0 Å². The minimum atomic E-state index is -0.763. The van der Waals surface area contributed by atoms with Crippen LogP contribution in [-0.2, 0) is 0 Å². The first-order chi connectivity index (χ1) is 8.93. The number of rotatable bonds is 3. The molecule has 1 aromatic carbocycles. The monoisotopic (exact) mass is 264 g/mol. The van der Waals surface area contributed by atoms with E-state index in [0.29, 0.717) is 12.8 Å². The Bertz CT molecular complexity index is 513. The Morgan fingerprint density at radius 2 is 2.26 bits per heavy atom. The molecule has 0 aromatic heterocycles. The number of nitro groups is 1. The van der Waals surface area contributed by atoms with Crippen molar-refractivity contribution in [2.45, 2.75) is 25.4 Å². The molecule has 1 aromatic rings. The van der Waals surface area contributed by atoms with Gasteiger partial charge < -0.3 is 10.0 Å². The van der Waals surface area contributed by atoms with Crippen molar-refractivity contribution < 1.29 is 14.8 Å². The molecule has 0 spiro atoms. The fraction of sp³-hybridized carbons (Fsp3) is 0.462. The molecule has 1 heterocycles. The Hall–Kier alpha value is -1.95. The number of aliphatic hydroxyl groups is 1. The highest BCUT2D eigenvalue weighted by Crippen LogP contribution is 2.28. The van der Waals surface area contributed by atoms with E-state index in [-0.39, 0.29) is 11.3 Å². The van der Waals surface area contributed by atoms with Crippen molar-refractivity contribution in [3.63, 3.8) is 0 Å². The van der Waals surface area contributed by atoms with E-state index in [0.717, 1.165) is 25.1 Å². The number of nitro benzene ring substituents is 1. The summed E-state index contributed by atoms with van der Waals surface area (Å²) >= 11 is 0. The molecule has 1 saturated heterocycles. The minimum Gasteiger partial charge on any atom is -0.388 e. The summed E-state index contributed by atoms with van der Waals surface area (Å²) in [7, 11) is 0. The van der Waals surface area contributed by atoms with Gasteiger partial charge in [-0.1, -0.05) is 0 Å². The predicted molar refractivity (Wildman–Crippen MR) is 70.6 cm³/mol. The number of carbonyl (C=O) groups is 1. The second-order valence-corrected chi connectivity index (χ2v) is 5.14. The van der Waals surface area contributed by atoms with Gasteiger partial charge in [0.2, 0.25) is 0 Å². The van der Waals surface area contributed by atoms with Crippen LogP contribution in [0.2, 0.25) is 0 Å². The first kappa shape index (κ1) is 13.5. The second-order valence-electron chi connectivity index (χ2n) is 5.14. The van der Waals surface area contributed by atoms with E-state index in [1.54, 1.807) is 13.0 Å². The third-order valence-electron chi connectivity index (χ3n) is 3.37. The molecular weight excluding hydrogens is 248 g/mol. The number of aldehydes is 1. The van der Waals surface area contributed by atoms with E-state index in [9.17, 15) is 20.0 Å². The van der Waals surface area contributed by atoms with Crippen molar-refractivity contribution in [2.75, 3.05) is 18.0 Å². The van der Waals surface area contributed by atoms with Gasteiger partial charge in [-0.05, 0) is 31.9 Å². The summed E-state index contributed by atoms with van der Waals surface area (Å²) in [5, 5.41) is 20.8. The van der Waals surface area contributed by atoms with E-state index in [1.165, 1.54) is 12.1 Å². The third-order valence-corrected chi connectivity index (χ3v) is 3.37. The molecule has 1 aliphatic rings. The summed E-state index contributed by atoms with van der Waals surface area (Å²) in [4.78, 5) is 23.1. The normalized spacial score (nSPS) is 23.2. The van der Waals surface area contributed by atoms with Crippen molar-refractivity contribution in [3.05, 3.63) is 33.9 Å². The fourth-order valence-corrected chi connectivity index (χ4v) is 2.44. The Morgan fingerprint density at radius 3 is 2.84 bits per heavy atom. The minimum absolute atomic E-state index is 0.0627. The van der Waals surface area contributed by atoms with Crippen molar-refractivity contribution in [1.29, 1.82) is 0 Å². The molecule has 0 radical (unpaired) electrons. The lowest BCUT2D eigenvalue weighted by atomic mass is 9.94. The SMILES string of the molecule is CC1(O)CCCN(c2ccc([N+](=O)[O-])c(C=O)c2)C1. The fourth-order valence-electron chi connectivity index (χ4n) is 2.44. The Morgan fingerprint density at radius 1 is 1.53 bits per heavy atom. The average Bonchev–Trinajstić information content (AvgIpc) is 2.36. The second kappa shape index (κ2) is 4.97. The quantitative estimate of drug-likeness (QED) is 0.511. The molecule has 0 amide bonds. The zero-order chi connectivity index (χ0) is 14.0. The van der Waals surface area contributed by atoms with Crippen LogP contribution < -0.4 is 4.90 Å². The molecule has 102 valence electrons. The van der Waals surface area contributed by atoms with Gasteiger partial charge in [0.15, 0.2) is 6.29 Å². The number of hydrogen-bond donors (Lipinski definition) is 1. The van der Waals surface area contributed by atoms with Gasteiger partial charge in [0, 0.05) is 24.8 Å². The lowest BCUT2D eigenvalue weighted by molar-refractivity contribution is -0.385. The molecule has 2 rings (SSSR count). The van der Waals surface area contributed by atoms with Crippen molar-refractivity contribution >= 4 is 17.7 Å². The molecule has 0 bridgehead atoms. The zero-order valence-corrected chi connectivity index (χ0v) is 10.7.